The number of aryl methyl sites for hydroxylation is 1. The van der Waals surface area contributed by atoms with Gasteiger partial charge in [0.1, 0.15) is 0 Å². The van der Waals surface area contributed by atoms with Gasteiger partial charge in [-0.05, 0) is 18.1 Å². The predicted molar refractivity (Wildman–Crippen MR) is 64.5 cm³/mol. The number of rotatable bonds is 5. The third-order valence-electron chi connectivity index (χ3n) is 2.47. The Morgan fingerprint density at radius 1 is 1.06 bits per heavy atom. The largest absolute Gasteiger partial charge is 0.493 e. The zero-order valence-corrected chi connectivity index (χ0v) is 10.3. The molecular weight excluding hydrogens is 206 g/mol. The number of nitrogen functional groups attached to an aromatic ring is 1. The number of hydrogen-bond acceptors (Lipinski definition) is 4. The second-order valence-corrected chi connectivity index (χ2v) is 3.47. The molecule has 2 N–H and O–H groups in total. The van der Waals surface area contributed by atoms with E-state index in [1.165, 1.54) is 0 Å². The summed E-state index contributed by atoms with van der Waals surface area (Å²) in [4.78, 5) is 0. The van der Waals surface area contributed by atoms with Crippen LogP contribution in [0.15, 0.2) is 6.07 Å². The minimum absolute atomic E-state index is 0.544. The molecule has 0 aliphatic rings. The Morgan fingerprint density at radius 3 is 2.12 bits per heavy atom. The first-order valence-electron chi connectivity index (χ1n) is 5.26. The minimum Gasteiger partial charge on any atom is -0.493 e. The smallest absolute Gasteiger partial charge is 0.205 e. The van der Waals surface area contributed by atoms with Crippen molar-refractivity contribution in [2.24, 2.45) is 0 Å². The van der Waals surface area contributed by atoms with Crippen molar-refractivity contribution < 1.29 is 14.2 Å². The molecule has 0 saturated carbocycles. The molecule has 1 rings (SSSR count). The van der Waals surface area contributed by atoms with Gasteiger partial charge < -0.3 is 19.9 Å². The Bertz CT molecular complexity index is 364. The Labute approximate surface area is 96.3 Å². The average molecular weight is 225 g/mol. The van der Waals surface area contributed by atoms with E-state index in [2.05, 4.69) is 6.92 Å². The second kappa shape index (κ2) is 5.49. The Balaban J connectivity index is 3.35. The van der Waals surface area contributed by atoms with Crippen LogP contribution in [0.4, 0.5) is 5.69 Å². The summed E-state index contributed by atoms with van der Waals surface area (Å²) in [7, 11) is 4.74. The van der Waals surface area contributed by atoms with Crippen LogP contribution in [-0.4, -0.2) is 21.3 Å². The van der Waals surface area contributed by atoms with Gasteiger partial charge in [-0.1, -0.05) is 13.3 Å². The summed E-state index contributed by atoms with van der Waals surface area (Å²) in [5, 5.41) is 0. The molecule has 4 heteroatoms. The van der Waals surface area contributed by atoms with E-state index in [0.717, 1.165) is 18.4 Å². The highest BCUT2D eigenvalue weighted by atomic mass is 16.5. The molecule has 0 spiro atoms. The fourth-order valence-corrected chi connectivity index (χ4v) is 1.71. The molecule has 1 aromatic carbocycles. The van der Waals surface area contributed by atoms with Crippen molar-refractivity contribution >= 4 is 5.69 Å². The summed E-state index contributed by atoms with van der Waals surface area (Å²) in [6, 6.07) is 1.90. The van der Waals surface area contributed by atoms with Crippen molar-refractivity contribution in [3.63, 3.8) is 0 Å². The maximum absolute atomic E-state index is 6.02. The standard InChI is InChI=1S/C12H19NO3/c1-5-6-8-7-9(14-2)11(15-3)12(16-4)10(8)13/h7H,5-6,13H2,1-4H3. The minimum atomic E-state index is 0.544. The lowest BCUT2D eigenvalue weighted by Gasteiger charge is -2.16. The highest BCUT2D eigenvalue weighted by Gasteiger charge is 2.17. The molecule has 0 heterocycles. The second-order valence-electron chi connectivity index (χ2n) is 3.47. The van der Waals surface area contributed by atoms with Crippen LogP contribution >= 0.6 is 0 Å². The first kappa shape index (κ1) is 12.5. The quantitative estimate of drug-likeness (QED) is 0.781. The van der Waals surface area contributed by atoms with Crippen LogP contribution in [0.1, 0.15) is 18.9 Å². The molecule has 0 unspecified atom stereocenters. The van der Waals surface area contributed by atoms with Crippen molar-refractivity contribution in [2.45, 2.75) is 19.8 Å². The fraction of sp³-hybridized carbons (Fsp3) is 0.500. The van der Waals surface area contributed by atoms with Crippen LogP contribution in [0.25, 0.3) is 0 Å². The van der Waals surface area contributed by atoms with Gasteiger partial charge in [0.15, 0.2) is 11.5 Å². The van der Waals surface area contributed by atoms with Crippen molar-refractivity contribution in [3.05, 3.63) is 11.6 Å². The highest BCUT2D eigenvalue weighted by molar-refractivity contribution is 5.70. The molecule has 0 radical (unpaired) electrons. The van der Waals surface area contributed by atoms with Gasteiger partial charge in [-0.25, -0.2) is 0 Å². The molecule has 0 fully saturated rings. The average Bonchev–Trinajstić information content (AvgIpc) is 2.31. The third-order valence-corrected chi connectivity index (χ3v) is 2.47. The maximum Gasteiger partial charge on any atom is 0.205 e. The molecule has 0 amide bonds. The summed E-state index contributed by atoms with van der Waals surface area (Å²) in [5.74, 6) is 1.74. The van der Waals surface area contributed by atoms with Crippen LogP contribution in [0.2, 0.25) is 0 Å². The van der Waals surface area contributed by atoms with Crippen LogP contribution in [0, 0.1) is 0 Å². The first-order chi connectivity index (χ1) is 7.69. The van der Waals surface area contributed by atoms with Gasteiger partial charge >= 0.3 is 0 Å². The van der Waals surface area contributed by atoms with Gasteiger partial charge in [-0.2, -0.15) is 0 Å². The van der Waals surface area contributed by atoms with Gasteiger partial charge in [0.2, 0.25) is 5.75 Å². The molecule has 0 saturated heterocycles. The molecule has 4 nitrogen and oxygen atoms in total. The van der Waals surface area contributed by atoms with Gasteiger partial charge in [0, 0.05) is 0 Å². The lowest BCUT2D eigenvalue weighted by atomic mass is 10.1. The van der Waals surface area contributed by atoms with E-state index < -0.39 is 0 Å². The van der Waals surface area contributed by atoms with E-state index in [9.17, 15) is 0 Å². The summed E-state index contributed by atoms with van der Waals surface area (Å²) in [6.07, 6.45) is 1.91. The first-order valence-corrected chi connectivity index (χ1v) is 5.26. The molecule has 0 aliphatic carbocycles. The van der Waals surface area contributed by atoms with Crippen LogP contribution in [-0.2, 0) is 6.42 Å². The van der Waals surface area contributed by atoms with Crippen molar-refractivity contribution in [2.75, 3.05) is 27.1 Å². The van der Waals surface area contributed by atoms with Gasteiger partial charge in [0.05, 0.1) is 27.0 Å². The topological polar surface area (TPSA) is 53.7 Å². The number of hydrogen-bond donors (Lipinski definition) is 1. The van der Waals surface area contributed by atoms with Gasteiger partial charge in [0.25, 0.3) is 0 Å². The lowest BCUT2D eigenvalue weighted by Crippen LogP contribution is -2.03. The van der Waals surface area contributed by atoms with E-state index in [0.29, 0.717) is 22.9 Å². The van der Waals surface area contributed by atoms with E-state index in [1.54, 1.807) is 21.3 Å². The Hall–Kier alpha value is -1.58. The monoisotopic (exact) mass is 225 g/mol. The van der Waals surface area contributed by atoms with Crippen LogP contribution < -0.4 is 19.9 Å². The molecule has 0 aliphatic heterocycles. The molecular formula is C12H19NO3. The molecule has 0 atom stereocenters. The van der Waals surface area contributed by atoms with Crippen molar-refractivity contribution in [1.82, 2.24) is 0 Å². The fourth-order valence-electron chi connectivity index (χ4n) is 1.71. The number of nitrogens with two attached hydrogens (primary N) is 1. The number of anilines is 1. The van der Waals surface area contributed by atoms with Crippen LogP contribution in [0.3, 0.4) is 0 Å². The zero-order chi connectivity index (χ0) is 12.1. The zero-order valence-electron chi connectivity index (χ0n) is 10.3. The maximum atomic E-state index is 6.02. The van der Waals surface area contributed by atoms with Crippen molar-refractivity contribution in [1.29, 1.82) is 0 Å². The summed E-state index contributed by atoms with van der Waals surface area (Å²) < 4.78 is 15.8. The molecule has 90 valence electrons. The summed E-state index contributed by atoms with van der Waals surface area (Å²) in [6.45, 7) is 2.10. The molecule has 0 aromatic heterocycles. The summed E-state index contributed by atoms with van der Waals surface area (Å²) in [5.41, 5.74) is 7.67. The van der Waals surface area contributed by atoms with Crippen LogP contribution in [0.5, 0.6) is 17.2 Å². The number of methoxy groups -OCH3 is 3. The molecule has 16 heavy (non-hydrogen) atoms. The Morgan fingerprint density at radius 2 is 1.69 bits per heavy atom. The molecule has 1 aromatic rings. The van der Waals surface area contributed by atoms with E-state index >= 15 is 0 Å². The lowest BCUT2D eigenvalue weighted by molar-refractivity contribution is 0.325. The van der Waals surface area contributed by atoms with Crippen molar-refractivity contribution in [3.8, 4) is 17.2 Å². The van der Waals surface area contributed by atoms with Gasteiger partial charge in [-0.3, -0.25) is 0 Å². The van der Waals surface area contributed by atoms with E-state index in [1.807, 2.05) is 6.07 Å². The predicted octanol–water partition coefficient (Wildman–Crippen LogP) is 2.25. The SMILES string of the molecule is CCCc1cc(OC)c(OC)c(OC)c1N. The number of benzene rings is 1. The van der Waals surface area contributed by atoms with E-state index in [4.69, 9.17) is 19.9 Å². The highest BCUT2D eigenvalue weighted by Crippen LogP contribution is 2.43. The number of ether oxygens (including phenoxy) is 3. The normalized spacial score (nSPS) is 10.0. The Kier molecular flexibility index (Phi) is 4.28. The van der Waals surface area contributed by atoms with Gasteiger partial charge in [-0.15, -0.1) is 0 Å². The molecule has 0 bridgehead atoms. The third kappa shape index (κ3) is 2.15. The van der Waals surface area contributed by atoms with E-state index in [-0.39, 0.29) is 0 Å². The summed E-state index contributed by atoms with van der Waals surface area (Å²) >= 11 is 0.